The molecule has 112 valence electrons. The fourth-order valence-corrected chi connectivity index (χ4v) is 1.42. The third-order valence-electron chi connectivity index (χ3n) is 2.77. The molecule has 0 radical (unpaired) electrons. The number of hydrogen-bond acceptors (Lipinski definition) is 4. The quantitative estimate of drug-likeness (QED) is 0.401. The van der Waals surface area contributed by atoms with Gasteiger partial charge in [-0.3, -0.25) is 9.59 Å². The topological polar surface area (TPSA) is 96.2 Å². The second-order valence-electron chi connectivity index (χ2n) is 4.97. The predicted molar refractivity (Wildman–Crippen MR) is 76.6 cm³/mol. The number of rotatable bonds is 10. The lowest BCUT2D eigenvalue weighted by molar-refractivity contribution is -0.125. The second kappa shape index (κ2) is 10.8. The molecule has 0 aliphatic heterocycles. The van der Waals surface area contributed by atoms with Gasteiger partial charge in [-0.25, -0.2) is 0 Å². The van der Waals surface area contributed by atoms with Gasteiger partial charge < -0.3 is 21.7 Å². The van der Waals surface area contributed by atoms with Crippen LogP contribution in [0.4, 0.5) is 0 Å². The van der Waals surface area contributed by atoms with Crippen LogP contribution in [-0.4, -0.2) is 44.5 Å². The van der Waals surface area contributed by atoms with Gasteiger partial charge in [-0.05, 0) is 13.0 Å². The van der Waals surface area contributed by atoms with Crippen LogP contribution in [0.3, 0.4) is 0 Å². The van der Waals surface area contributed by atoms with Crippen molar-refractivity contribution >= 4 is 11.8 Å². The third-order valence-corrected chi connectivity index (χ3v) is 2.77. The van der Waals surface area contributed by atoms with Crippen LogP contribution < -0.4 is 21.7 Å². The number of nitrogens with two attached hydrogens (primary N) is 1. The number of carbonyl (C=O) groups excluding carboxylic acids is 2. The lowest BCUT2D eigenvalue weighted by Crippen LogP contribution is -2.36. The highest BCUT2D eigenvalue weighted by atomic mass is 16.2. The van der Waals surface area contributed by atoms with Crippen LogP contribution in [0.2, 0.25) is 0 Å². The summed E-state index contributed by atoms with van der Waals surface area (Å²) >= 11 is 0. The Morgan fingerprint density at radius 2 is 1.58 bits per heavy atom. The van der Waals surface area contributed by atoms with E-state index in [1.54, 1.807) is 0 Å². The molecule has 0 heterocycles. The van der Waals surface area contributed by atoms with Crippen LogP contribution in [0.5, 0.6) is 0 Å². The summed E-state index contributed by atoms with van der Waals surface area (Å²) in [6.45, 7) is 8.71. The Hall–Kier alpha value is -1.14. The smallest absolute Gasteiger partial charge is 0.222 e. The van der Waals surface area contributed by atoms with Gasteiger partial charge in [0.25, 0.3) is 0 Å². The van der Waals surface area contributed by atoms with Crippen LogP contribution in [0.25, 0.3) is 0 Å². The zero-order valence-corrected chi connectivity index (χ0v) is 12.3. The summed E-state index contributed by atoms with van der Waals surface area (Å²) in [5.74, 6) is 0.104. The molecule has 0 aromatic carbocycles. The summed E-state index contributed by atoms with van der Waals surface area (Å²) in [6.07, 6.45) is 0.772. The van der Waals surface area contributed by atoms with Gasteiger partial charge >= 0.3 is 0 Å². The van der Waals surface area contributed by atoms with E-state index in [0.717, 1.165) is 19.5 Å². The Kier molecular flexibility index (Phi) is 10.1. The van der Waals surface area contributed by atoms with Gasteiger partial charge in [0.15, 0.2) is 0 Å². The zero-order valence-electron chi connectivity index (χ0n) is 12.3. The van der Waals surface area contributed by atoms with E-state index in [1.165, 1.54) is 0 Å². The summed E-state index contributed by atoms with van der Waals surface area (Å²) in [5, 5.41) is 8.79. The molecule has 19 heavy (non-hydrogen) atoms. The molecule has 0 saturated carbocycles. The normalized spacial score (nSPS) is 12.3. The van der Waals surface area contributed by atoms with E-state index in [0.29, 0.717) is 19.6 Å². The molecular weight excluding hydrogens is 244 g/mol. The van der Waals surface area contributed by atoms with E-state index in [9.17, 15) is 9.59 Å². The van der Waals surface area contributed by atoms with Gasteiger partial charge in [-0.15, -0.1) is 0 Å². The average Bonchev–Trinajstić information content (AvgIpc) is 2.38. The van der Waals surface area contributed by atoms with Gasteiger partial charge in [0.2, 0.25) is 11.8 Å². The molecule has 6 nitrogen and oxygen atoms in total. The summed E-state index contributed by atoms with van der Waals surface area (Å²) in [5.41, 5.74) is 5.32. The maximum Gasteiger partial charge on any atom is 0.222 e. The SMILES string of the molecule is CC(C)C(=O)NCCNCCC(C)C(=O)NCCN. The molecule has 2 amide bonds. The van der Waals surface area contributed by atoms with Crippen molar-refractivity contribution < 1.29 is 9.59 Å². The standard InChI is InChI=1S/C13H28N4O2/c1-10(2)12(18)17-9-8-15-6-4-11(3)13(19)16-7-5-14/h10-11,15H,4-9,14H2,1-3H3,(H,16,19)(H,17,18). The zero-order chi connectivity index (χ0) is 14.7. The van der Waals surface area contributed by atoms with Crippen molar-refractivity contribution in [3.8, 4) is 0 Å². The van der Waals surface area contributed by atoms with Crippen molar-refractivity contribution in [1.29, 1.82) is 0 Å². The van der Waals surface area contributed by atoms with Crippen LogP contribution in [0, 0.1) is 11.8 Å². The Morgan fingerprint density at radius 1 is 0.947 bits per heavy atom. The van der Waals surface area contributed by atoms with Gasteiger partial charge in [-0.1, -0.05) is 20.8 Å². The first kappa shape index (κ1) is 17.9. The van der Waals surface area contributed by atoms with E-state index < -0.39 is 0 Å². The molecule has 1 atom stereocenters. The van der Waals surface area contributed by atoms with E-state index in [2.05, 4.69) is 16.0 Å². The lowest BCUT2D eigenvalue weighted by Gasteiger charge is -2.12. The highest BCUT2D eigenvalue weighted by Crippen LogP contribution is 1.99. The molecule has 0 aromatic rings. The molecule has 0 aliphatic carbocycles. The number of hydrogen-bond donors (Lipinski definition) is 4. The molecule has 0 aromatic heterocycles. The molecule has 0 aliphatic rings. The van der Waals surface area contributed by atoms with Crippen molar-refractivity contribution in [3.05, 3.63) is 0 Å². The molecule has 0 saturated heterocycles. The summed E-state index contributed by atoms with van der Waals surface area (Å²) < 4.78 is 0. The Morgan fingerprint density at radius 3 is 2.16 bits per heavy atom. The molecule has 5 N–H and O–H groups in total. The molecular formula is C13H28N4O2. The van der Waals surface area contributed by atoms with Crippen LogP contribution >= 0.6 is 0 Å². The lowest BCUT2D eigenvalue weighted by atomic mass is 10.1. The Balaban J connectivity index is 3.48. The first-order valence-corrected chi connectivity index (χ1v) is 6.95. The van der Waals surface area contributed by atoms with E-state index >= 15 is 0 Å². The first-order chi connectivity index (χ1) is 8.99. The molecule has 0 spiro atoms. The van der Waals surface area contributed by atoms with Crippen molar-refractivity contribution in [2.45, 2.75) is 27.2 Å². The van der Waals surface area contributed by atoms with Crippen LogP contribution in [0.1, 0.15) is 27.2 Å². The Bertz CT molecular complexity index is 269. The number of nitrogens with one attached hydrogen (secondary N) is 3. The van der Waals surface area contributed by atoms with E-state index in [-0.39, 0.29) is 23.7 Å². The van der Waals surface area contributed by atoms with Crippen molar-refractivity contribution in [3.63, 3.8) is 0 Å². The minimum atomic E-state index is -0.0238. The van der Waals surface area contributed by atoms with Gasteiger partial charge in [0.1, 0.15) is 0 Å². The van der Waals surface area contributed by atoms with Crippen molar-refractivity contribution in [2.75, 3.05) is 32.7 Å². The molecule has 0 rings (SSSR count). The molecule has 0 fully saturated rings. The van der Waals surface area contributed by atoms with Crippen LogP contribution in [-0.2, 0) is 9.59 Å². The molecule has 6 heteroatoms. The third kappa shape index (κ3) is 9.44. The monoisotopic (exact) mass is 272 g/mol. The van der Waals surface area contributed by atoms with Gasteiger partial charge in [0, 0.05) is 38.0 Å². The fraction of sp³-hybridized carbons (Fsp3) is 0.846. The van der Waals surface area contributed by atoms with E-state index in [4.69, 9.17) is 5.73 Å². The van der Waals surface area contributed by atoms with E-state index in [1.807, 2.05) is 20.8 Å². The van der Waals surface area contributed by atoms with Crippen molar-refractivity contribution in [2.24, 2.45) is 17.6 Å². The largest absolute Gasteiger partial charge is 0.355 e. The fourth-order valence-electron chi connectivity index (χ4n) is 1.42. The average molecular weight is 272 g/mol. The highest BCUT2D eigenvalue weighted by molar-refractivity contribution is 5.78. The summed E-state index contributed by atoms with van der Waals surface area (Å²) in [7, 11) is 0. The minimum absolute atomic E-state index is 0.0197. The van der Waals surface area contributed by atoms with Gasteiger partial charge in [0.05, 0.1) is 0 Å². The molecule has 1 unspecified atom stereocenters. The summed E-state index contributed by atoms with van der Waals surface area (Å²) in [6, 6.07) is 0. The number of carbonyl (C=O) groups is 2. The maximum atomic E-state index is 11.5. The van der Waals surface area contributed by atoms with Crippen molar-refractivity contribution in [1.82, 2.24) is 16.0 Å². The predicted octanol–water partition coefficient (Wildman–Crippen LogP) is -0.551. The maximum absolute atomic E-state index is 11.5. The highest BCUT2D eigenvalue weighted by Gasteiger charge is 2.11. The first-order valence-electron chi connectivity index (χ1n) is 6.95. The van der Waals surface area contributed by atoms with Gasteiger partial charge in [-0.2, -0.15) is 0 Å². The Labute approximate surface area is 115 Å². The second-order valence-corrected chi connectivity index (χ2v) is 4.97. The minimum Gasteiger partial charge on any atom is -0.355 e. The van der Waals surface area contributed by atoms with Crippen LogP contribution in [0.15, 0.2) is 0 Å². The molecule has 0 bridgehead atoms. The number of amides is 2. The summed E-state index contributed by atoms with van der Waals surface area (Å²) in [4.78, 5) is 22.8.